The minimum atomic E-state index is -0.342. The predicted molar refractivity (Wildman–Crippen MR) is 127 cm³/mol. The van der Waals surface area contributed by atoms with E-state index in [2.05, 4.69) is 15.8 Å². The Labute approximate surface area is 188 Å². The fourth-order valence-corrected chi connectivity index (χ4v) is 3.23. The topological polar surface area (TPSA) is 79.8 Å². The van der Waals surface area contributed by atoms with Crippen LogP contribution in [0.25, 0.3) is 0 Å². The normalized spacial score (nSPS) is 11.1. The molecule has 3 aromatic rings. The van der Waals surface area contributed by atoms with Crippen molar-refractivity contribution < 1.29 is 14.3 Å². The van der Waals surface area contributed by atoms with Crippen molar-refractivity contribution in [1.82, 2.24) is 5.43 Å². The van der Waals surface area contributed by atoms with Crippen molar-refractivity contribution in [3.05, 3.63) is 94.5 Å². The Morgan fingerprint density at radius 2 is 1.56 bits per heavy atom. The van der Waals surface area contributed by atoms with Crippen LogP contribution >= 0.6 is 0 Å². The third kappa shape index (κ3) is 6.28. The molecule has 0 radical (unpaired) electrons. The number of aryl methyl sites for hydroxylation is 3. The molecule has 0 aliphatic rings. The van der Waals surface area contributed by atoms with E-state index in [1.54, 1.807) is 25.1 Å². The molecule has 0 aromatic heterocycles. The lowest BCUT2D eigenvalue weighted by atomic mass is 10.1. The van der Waals surface area contributed by atoms with Crippen LogP contribution in [0.1, 0.15) is 39.5 Å². The zero-order valence-electron chi connectivity index (χ0n) is 18.7. The summed E-state index contributed by atoms with van der Waals surface area (Å²) in [5, 5.41) is 7.03. The molecule has 0 saturated carbocycles. The number of carbonyl (C=O) groups excluding carboxylic acids is 2. The van der Waals surface area contributed by atoms with Gasteiger partial charge in [-0.15, -0.1) is 0 Å². The zero-order chi connectivity index (χ0) is 23.1. The van der Waals surface area contributed by atoms with E-state index >= 15 is 0 Å². The molecule has 3 rings (SSSR count). The number of hydrogen-bond acceptors (Lipinski definition) is 4. The minimum absolute atomic E-state index is 0.121. The average Bonchev–Trinajstić information content (AvgIpc) is 2.76. The second-order valence-electron chi connectivity index (χ2n) is 7.69. The van der Waals surface area contributed by atoms with E-state index in [-0.39, 0.29) is 18.4 Å². The van der Waals surface area contributed by atoms with Crippen LogP contribution < -0.4 is 15.5 Å². The Morgan fingerprint density at radius 3 is 2.22 bits per heavy atom. The van der Waals surface area contributed by atoms with Crippen LogP contribution in [0.2, 0.25) is 0 Å². The van der Waals surface area contributed by atoms with Gasteiger partial charge in [0.2, 0.25) is 0 Å². The van der Waals surface area contributed by atoms with E-state index < -0.39 is 0 Å². The second-order valence-corrected chi connectivity index (χ2v) is 7.69. The number of anilines is 1. The van der Waals surface area contributed by atoms with E-state index in [9.17, 15) is 9.59 Å². The molecule has 3 aromatic carbocycles. The summed E-state index contributed by atoms with van der Waals surface area (Å²) in [6.45, 7) is 7.54. The highest BCUT2D eigenvalue weighted by Gasteiger charge is 2.09. The second kappa shape index (κ2) is 10.4. The summed E-state index contributed by atoms with van der Waals surface area (Å²) in [7, 11) is 0. The summed E-state index contributed by atoms with van der Waals surface area (Å²) in [5.41, 5.74) is 8.37. The van der Waals surface area contributed by atoms with Crippen LogP contribution in [-0.4, -0.2) is 24.1 Å². The number of hydrogen-bond donors (Lipinski definition) is 2. The van der Waals surface area contributed by atoms with Crippen molar-refractivity contribution in [1.29, 1.82) is 0 Å². The third-order valence-corrected chi connectivity index (χ3v) is 4.86. The smallest absolute Gasteiger partial charge is 0.277 e. The maximum atomic E-state index is 12.4. The number of carbonyl (C=O) groups is 2. The fraction of sp³-hybridized carbons (Fsp3) is 0.192. The number of rotatable bonds is 7. The lowest BCUT2D eigenvalue weighted by molar-refractivity contribution is -0.123. The number of hydrazone groups is 1. The van der Waals surface area contributed by atoms with Crippen LogP contribution in [0.5, 0.6) is 5.75 Å². The van der Waals surface area contributed by atoms with Gasteiger partial charge in [-0.05, 0) is 80.3 Å². The maximum absolute atomic E-state index is 12.4. The highest BCUT2D eigenvalue weighted by molar-refractivity contribution is 6.05. The van der Waals surface area contributed by atoms with Crippen LogP contribution in [0.4, 0.5) is 5.69 Å². The highest BCUT2D eigenvalue weighted by Crippen LogP contribution is 2.16. The molecular formula is C26H27N3O3. The van der Waals surface area contributed by atoms with Crippen LogP contribution in [0.15, 0.2) is 71.8 Å². The van der Waals surface area contributed by atoms with Crippen LogP contribution in [-0.2, 0) is 4.79 Å². The average molecular weight is 430 g/mol. The molecule has 6 heteroatoms. The van der Waals surface area contributed by atoms with Gasteiger partial charge in [0, 0.05) is 11.3 Å². The van der Waals surface area contributed by atoms with Crippen molar-refractivity contribution >= 4 is 23.2 Å². The fourth-order valence-electron chi connectivity index (χ4n) is 3.23. The van der Waals surface area contributed by atoms with E-state index in [0.29, 0.717) is 22.7 Å². The zero-order valence-corrected chi connectivity index (χ0v) is 18.7. The van der Waals surface area contributed by atoms with Gasteiger partial charge in [-0.2, -0.15) is 5.10 Å². The number of benzene rings is 3. The molecule has 0 fully saturated rings. The molecule has 0 saturated heterocycles. The van der Waals surface area contributed by atoms with Crippen LogP contribution in [0.3, 0.4) is 0 Å². The van der Waals surface area contributed by atoms with Crippen molar-refractivity contribution in [3.63, 3.8) is 0 Å². The molecular weight excluding hydrogens is 402 g/mol. The minimum Gasteiger partial charge on any atom is -0.484 e. The van der Waals surface area contributed by atoms with Gasteiger partial charge in [0.1, 0.15) is 5.75 Å². The van der Waals surface area contributed by atoms with Crippen molar-refractivity contribution in [2.75, 3.05) is 11.9 Å². The van der Waals surface area contributed by atoms with Crippen LogP contribution in [0, 0.1) is 20.8 Å². The Bertz CT molecular complexity index is 1130. The molecule has 0 aliphatic heterocycles. The lowest BCUT2D eigenvalue weighted by Crippen LogP contribution is -2.25. The lowest BCUT2D eigenvalue weighted by Gasteiger charge is -2.09. The van der Waals surface area contributed by atoms with E-state index in [1.807, 2.05) is 69.3 Å². The molecule has 0 heterocycles. The standard InChI is InChI=1S/C26H27N3O3/c1-17-13-18(2)15-23(14-17)32-16-25(30)29-28-20(4)21-9-11-22(12-10-21)27-26(31)24-8-6-5-7-19(24)3/h5-15H,16H2,1-4H3,(H,27,31)(H,29,30)/b28-20+. The van der Waals surface area contributed by atoms with Gasteiger partial charge < -0.3 is 10.1 Å². The summed E-state index contributed by atoms with van der Waals surface area (Å²) in [5.74, 6) is 0.157. The first-order valence-electron chi connectivity index (χ1n) is 10.3. The first-order chi connectivity index (χ1) is 15.3. The number of nitrogens with zero attached hydrogens (tertiary/aromatic N) is 1. The van der Waals surface area contributed by atoms with E-state index in [1.165, 1.54) is 0 Å². The summed E-state index contributed by atoms with van der Waals surface area (Å²) in [4.78, 5) is 24.5. The number of ether oxygens (including phenoxy) is 1. The Kier molecular flexibility index (Phi) is 7.39. The van der Waals surface area contributed by atoms with Gasteiger partial charge in [-0.1, -0.05) is 36.4 Å². The third-order valence-electron chi connectivity index (χ3n) is 4.86. The molecule has 6 nitrogen and oxygen atoms in total. The maximum Gasteiger partial charge on any atom is 0.277 e. The Morgan fingerprint density at radius 1 is 0.906 bits per heavy atom. The van der Waals surface area contributed by atoms with E-state index in [4.69, 9.17) is 4.74 Å². The molecule has 2 amide bonds. The van der Waals surface area contributed by atoms with Gasteiger partial charge in [-0.25, -0.2) is 5.43 Å². The van der Waals surface area contributed by atoms with Crippen molar-refractivity contribution in [2.24, 2.45) is 5.10 Å². The summed E-state index contributed by atoms with van der Waals surface area (Å²) >= 11 is 0. The number of nitrogens with one attached hydrogen (secondary N) is 2. The van der Waals surface area contributed by atoms with E-state index in [0.717, 1.165) is 22.3 Å². The quantitative estimate of drug-likeness (QED) is 0.419. The molecule has 0 atom stereocenters. The predicted octanol–water partition coefficient (Wildman–Crippen LogP) is 4.78. The monoisotopic (exact) mass is 429 g/mol. The molecule has 2 N–H and O–H groups in total. The summed E-state index contributed by atoms with van der Waals surface area (Å²) in [6.07, 6.45) is 0. The molecule has 32 heavy (non-hydrogen) atoms. The van der Waals surface area contributed by atoms with Gasteiger partial charge in [0.05, 0.1) is 5.71 Å². The molecule has 0 spiro atoms. The van der Waals surface area contributed by atoms with Crippen molar-refractivity contribution in [2.45, 2.75) is 27.7 Å². The molecule has 0 bridgehead atoms. The van der Waals surface area contributed by atoms with Gasteiger partial charge in [0.25, 0.3) is 11.8 Å². The number of amides is 2. The SMILES string of the molecule is C/C(=N\NC(=O)COc1cc(C)cc(C)c1)c1ccc(NC(=O)c2ccccc2C)cc1. The van der Waals surface area contributed by atoms with Gasteiger partial charge in [-0.3, -0.25) is 9.59 Å². The van der Waals surface area contributed by atoms with Gasteiger partial charge in [0.15, 0.2) is 6.61 Å². The molecule has 0 unspecified atom stereocenters. The Balaban J connectivity index is 1.54. The largest absolute Gasteiger partial charge is 0.484 e. The van der Waals surface area contributed by atoms with Crippen molar-refractivity contribution in [3.8, 4) is 5.75 Å². The highest BCUT2D eigenvalue weighted by atomic mass is 16.5. The molecule has 164 valence electrons. The summed E-state index contributed by atoms with van der Waals surface area (Å²) < 4.78 is 5.54. The van der Waals surface area contributed by atoms with Gasteiger partial charge >= 0.3 is 0 Å². The first-order valence-corrected chi connectivity index (χ1v) is 10.3. The molecule has 0 aliphatic carbocycles. The summed E-state index contributed by atoms with van der Waals surface area (Å²) in [6, 6.07) is 20.5. The first kappa shape index (κ1) is 22.7. The Hall–Kier alpha value is -3.93.